The lowest BCUT2D eigenvalue weighted by molar-refractivity contribution is 0.384. The monoisotopic (exact) mass is 421 g/mol. The SMILES string of the molecule is CCCCc1noc(CSc2nnc(-c3cccc(OC)c3)n2-c2ccccc2)n1. The predicted molar refractivity (Wildman–Crippen MR) is 116 cm³/mol. The van der Waals surface area contributed by atoms with E-state index in [1.807, 2.05) is 59.2 Å². The van der Waals surface area contributed by atoms with Gasteiger partial charge in [-0.3, -0.25) is 4.57 Å². The number of benzene rings is 2. The molecule has 0 saturated heterocycles. The fraction of sp³-hybridized carbons (Fsp3) is 0.273. The number of nitrogens with zero attached hydrogens (tertiary/aromatic N) is 5. The number of ether oxygens (including phenoxy) is 1. The van der Waals surface area contributed by atoms with Crippen molar-refractivity contribution in [1.82, 2.24) is 24.9 Å². The number of hydrogen-bond donors (Lipinski definition) is 0. The molecule has 4 aromatic rings. The minimum absolute atomic E-state index is 0.530. The van der Waals surface area contributed by atoms with Gasteiger partial charge in [-0.15, -0.1) is 10.2 Å². The van der Waals surface area contributed by atoms with E-state index >= 15 is 0 Å². The first-order valence-corrected chi connectivity index (χ1v) is 10.9. The van der Waals surface area contributed by atoms with Crippen LogP contribution >= 0.6 is 11.8 Å². The molecular formula is C22H23N5O2S. The van der Waals surface area contributed by atoms with Crippen LogP contribution in [0, 0.1) is 0 Å². The Hall–Kier alpha value is -3.13. The molecule has 7 nitrogen and oxygen atoms in total. The summed E-state index contributed by atoms with van der Waals surface area (Å²) >= 11 is 1.52. The summed E-state index contributed by atoms with van der Waals surface area (Å²) in [6.45, 7) is 2.15. The molecule has 0 aliphatic carbocycles. The summed E-state index contributed by atoms with van der Waals surface area (Å²) in [7, 11) is 1.65. The van der Waals surface area contributed by atoms with Crippen LogP contribution in [-0.2, 0) is 12.2 Å². The lowest BCUT2D eigenvalue weighted by Gasteiger charge is -2.10. The Morgan fingerprint density at radius 2 is 1.93 bits per heavy atom. The quantitative estimate of drug-likeness (QED) is 0.353. The Labute approximate surface area is 179 Å². The average Bonchev–Trinajstić information content (AvgIpc) is 3.43. The van der Waals surface area contributed by atoms with Gasteiger partial charge in [0.25, 0.3) is 0 Å². The van der Waals surface area contributed by atoms with Crippen LogP contribution in [0.3, 0.4) is 0 Å². The molecule has 154 valence electrons. The number of hydrogen-bond acceptors (Lipinski definition) is 7. The number of para-hydroxylation sites is 1. The summed E-state index contributed by atoms with van der Waals surface area (Å²) < 4.78 is 12.8. The molecule has 30 heavy (non-hydrogen) atoms. The van der Waals surface area contributed by atoms with Gasteiger partial charge in [0.2, 0.25) is 5.89 Å². The van der Waals surface area contributed by atoms with Gasteiger partial charge in [0.05, 0.1) is 12.9 Å². The maximum absolute atomic E-state index is 5.39. The van der Waals surface area contributed by atoms with Crippen molar-refractivity contribution in [2.75, 3.05) is 7.11 Å². The molecule has 0 aliphatic heterocycles. The van der Waals surface area contributed by atoms with Crippen molar-refractivity contribution in [2.24, 2.45) is 0 Å². The van der Waals surface area contributed by atoms with E-state index in [1.165, 1.54) is 11.8 Å². The first kappa shape index (κ1) is 20.2. The van der Waals surface area contributed by atoms with Crippen LogP contribution in [0.1, 0.15) is 31.5 Å². The van der Waals surface area contributed by atoms with Gasteiger partial charge in [-0.2, -0.15) is 4.98 Å². The summed E-state index contributed by atoms with van der Waals surface area (Å²) in [6, 6.07) is 17.9. The number of aryl methyl sites for hydroxylation is 1. The van der Waals surface area contributed by atoms with Crippen molar-refractivity contribution >= 4 is 11.8 Å². The highest BCUT2D eigenvalue weighted by Crippen LogP contribution is 2.30. The molecule has 0 amide bonds. The zero-order valence-corrected chi connectivity index (χ0v) is 17.8. The molecule has 0 N–H and O–H groups in total. The zero-order chi connectivity index (χ0) is 20.8. The van der Waals surface area contributed by atoms with Crippen LogP contribution in [0.2, 0.25) is 0 Å². The van der Waals surface area contributed by atoms with Crippen LogP contribution in [0.4, 0.5) is 0 Å². The molecule has 0 spiro atoms. The second kappa shape index (κ2) is 9.58. The molecule has 0 saturated carbocycles. The average molecular weight is 422 g/mol. The number of unbranched alkanes of at least 4 members (excludes halogenated alkanes) is 1. The van der Waals surface area contributed by atoms with E-state index in [4.69, 9.17) is 9.26 Å². The second-order valence-electron chi connectivity index (χ2n) is 6.71. The van der Waals surface area contributed by atoms with E-state index in [0.717, 1.165) is 53.1 Å². The minimum Gasteiger partial charge on any atom is -0.497 e. The van der Waals surface area contributed by atoms with Crippen LogP contribution < -0.4 is 4.74 Å². The van der Waals surface area contributed by atoms with E-state index in [-0.39, 0.29) is 0 Å². The zero-order valence-electron chi connectivity index (χ0n) is 17.0. The number of methoxy groups -OCH3 is 1. The Bertz CT molecular complexity index is 1090. The van der Waals surface area contributed by atoms with Gasteiger partial charge in [-0.25, -0.2) is 0 Å². The van der Waals surface area contributed by atoms with E-state index < -0.39 is 0 Å². The maximum atomic E-state index is 5.39. The Kier molecular flexibility index (Phi) is 6.44. The van der Waals surface area contributed by atoms with Gasteiger partial charge >= 0.3 is 0 Å². The highest BCUT2D eigenvalue weighted by Gasteiger charge is 2.18. The summed E-state index contributed by atoms with van der Waals surface area (Å²) in [5.74, 6) is 3.40. The van der Waals surface area contributed by atoms with Gasteiger partial charge < -0.3 is 9.26 Å². The summed E-state index contributed by atoms with van der Waals surface area (Å²) in [5.41, 5.74) is 1.91. The maximum Gasteiger partial charge on any atom is 0.237 e. The number of thioether (sulfide) groups is 1. The van der Waals surface area contributed by atoms with E-state index in [1.54, 1.807) is 7.11 Å². The molecule has 0 fully saturated rings. The fourth-order valence-electron chi connectivity index (χ4n) is 3.03. The van der Waals surface area contributed by atoms with E-state index in [9.17, 15) is 0 Å². The predicted octanol–water partition coefficient (Wildman–Crippen LogP) is 4.96. The third-order valence-electron chi connectivity index (χ3n) is 4.56. The van der Waals surface area contributed by atoms with Crippen molar-refractivity contribution in [2.45, 2.75) is 37.1 Å². The lowest BCUT2D eigenvalue weighted by atomic mass is 10.2. The van der Waals surface area contributed by atoms with Gasteiger partial charge in [0.15, 0.2) is 16.8 Å². The molecule has 0 unspecified atom stereocenters. The molecule has 0 bridgehead atoms. The standard InChI is InChI=1S/C22H23N5O2S/c1-3-4-13-19-23-20(29-26-19)15-30-22-25-24-21(16-9-8-12-18(14-16)28-2)27(22)17-10-6-5-7-11-17/h5-12,14H,3-4,13,15H2,1-2H3. The van der Waals surface area contributed by atoms with Gasteiger partial charge in [0.1, 0.15) is 5.75 Å². The number of aromatic nitrogens is 5. The Morgan fingerprint density at radius 3 is 2.73 bits per heavy atom. The molecule has 8 heteroatoms. The normalized spacial score (nSPS) is 11.0. The van der Waals surface area contributed by atoms with Crippen LogP contribution in [0.5, 0.6) is 5.75 Å². The number of rotatable bonds is 9. The highest BCUT2D eigenvalue weighted by molar-refractivity contribution is 7.98. The van der Waals surface area contributed by atoms with Crippen molar-refractivity contribution in [3.05, 3.63) is 66.3 Å². The van der Waals surface area contributed by atoms with Crippen molar-refractivity contribution in [1.29, 1.82) is 0 Å². The molecule has 4 rings (SSSR count). The van der Waals surface area contributed by atoms with Gasteiger partial charge in [-0.1, -0.05) is 60.6 Å². The van der Waals surface area contributed by atoms with Crippen molar-refractivity contribution in [3.63, 3.8) is 0 Å². The third kappa shape index (κ3) is 4.54. The van der Waals surface area contributed by atoms with Crippen molar-refractivity contribution < 1.29 is 9.26 Å². The lowest BCUT2D eigenvalue weighted by Crippen LogP contribution is -2.00. The van der Waals surface area contributed by atoms with E-state index in [2.05, 4.69) is 27.3 Å². The molecule has 2 aromatic carbocycles. The first-order chi connectivity index (χ1) is 14.8. The molecule has 2 heterocycles. The summed E-state index contributed by atoms with van der Waals surface area (Å²) in [5, 5.41) is 13.7. The van der Waals surface area contributed by atoms with Crippen LogP contribution in [0.25, 0.3) is 17.1 Å². The Morgan fingerprint density at radius 1 is 1.07 bits per heavy atom. The fourth-order valence-corrected chi connectivity index (χ4v) is 3.82. The van der Waals surface area contributed by atoms with Gasteiger partial charge in [0, 0.05) is 17.7 Å². The Balaban J connectivity index is 1.63. The minimum atomic E-state index is 0.530. The highest BCUT2D eigenvalue weighted by atomic mass is 32.2. The molecule has 0 aliphatic rings. The summed E-state index contributed by atoms with van der Waals surface area (Å²) in [6.07, 6.45) is 3.00. The smallest absolute Gasteiger partial charge is 0.237 e. The van der Waals surface area contributed by atoms with Gasteiger partial charge in [-0.05, 0) is 30.7 Å². The molecule has 0 atom stereocenters. The second-order valence-corrected chi connectivity index (χ2v) is 7.65. The molecule has 0 radical (unpaired) electrons. The van der Waals surface area contributed by atoms with Crippen LogP contribution in [-0.4, -0.2) is 32.0 Å². The van der Waals surface area contributed by atoms with Crippen molar-refractivity contribution in [3.8, 4) is 22.8 Å². The first-order valence-electron chi connectivity index (χ1n) is 9.88. The molecular weight excluding hydrogens is 398 g/mol. The van der Waals surface area contributed by atoms with Crippen LogP contribution in [0.15, 0.2) is 64.3 Å². The summed E-state index contributed by atoms with van der Waals surface area (Å²) in [4.78, 5) is 4.48. The topological polar surface area (TPSA) is 78.9 Å². The largest absolute Gasteiger partial charge is 0.497 e. The van der Waals surface area contributed by atoms with E-state index in [0.29, 0.717) is 11.6 Å². The molecule has 2 aromatic heterocycles. The third-order valence-corrected chi connectivity index (χ3v) is 5.48.